The van der Waals surface area contributed by atoms with Gasteiger partial charge in [0.25, 0.3) is 0 Å². The Kier molecular flexibility index (Phi) is 2.79. The third-order valence-corrected chi connectivity index (χ3v) is 3.55. The molecule has 0 amide bonds. The van der Waals surface area contributed by atoms with Crippen LogP contribution in [-0.4, -0.2) is 27.9 Å². The Labute approximate surface area is 110 Å². The molecule has 2 aromatic rings. The molecule has 1 aromatic carbocycles. The second kappa shape index (κ2) is 4.45. The normalized spacial score (nSPS) is 15.2. The smallest absolute Gasteiger partial charge is 0.225 e. The molecular weight excluding hydrogens is 246 g/mol. The fraction of sp³-hybridized carbons (Fsp3) is 0.333. The Morgan fingerprint density at radius 2 is 1.72 bits per heavy atom. The number of nitrogens with one attached hydrogen (secondary N) is 1. The lowest BCUT2D eigenvalue weighted by atomic mass is 10.2. The topological polar surface area (TPSA) is 62.9 Å². The molecule has 0 radical (unpaired) electrons. The Balaban J connectivity index is 1.93. The van der Waals surface area contributed by atoms with Crippen molar-refractivity contribution in [2.24, 2.45) is 0 Å². The SMILES string of the molecule is Nc1n[nH]c(=S)n1-c1ccc(N2CCCC2)cc1. The van der Waals surface area contributed by atoms with Crippen molar-refractivity contribution in [1.29, 1.82) is 0 Å². The van der Waals surface area contributed by atoms with Gasteiger partial charge in [-0.2, -0.15) is 0 Å². The van der Waals surface area contributed by atoms with E-state index < -0.39 is 0 Å². The average molecular weight is 261 g/mol. The molecular formula is C12H15N5S. The van der Waals surface area contributed by atoms with Crippen LogP contribution in [0.3, 0.4) is 0 Å². The summed E-state index contributed by atoms with van der Waals surface area (Å²) in [7, 11) is 0. The molecule has 94 valence electrons. The Bertz CT molecular complexity index is 592. The number of hydrogen-bond acceptors (Lipinski definition) is 4. The number of nitrogens with zero attached hydrogens (tertiary/aromatic N) is 3. The maximum atomic E-state index is 5.78. The fourth-order valence-corrected chi connectivity index (χ4v) is 2.59. The van der Waals surface area contributed by atoms with E-state index in [0.717, 1.165) is 18.8 Å². The van der Waals surface area contributed by atoms with Gasteiger partial charge >= 0.3 is 0 Å². The van der Waals surface area contributed by atoms with Crippen LogP contribution in [0.4, 0.5) is 11.6 Å². The summed E-state index contributed by atoms with van der Waals surface area (Å²) in [6, 6.07) is 8.26. The molecule has 1 aromatic heterocycles. The second-order valence-electron chi connectivity index (χ2n) is 4.43. The molecule has 1 fully saturated rings. The minimum Gasteiger partial charge on any atom is -0.372 e. The number of aromatic nitrogens is 3. The number of nitrogen functional groups attached to an aromatic ring is 1. The van der Waals surface area contributed by atoms with E-state index in [1.807, 2.05) is 12.1 Å². The molecule has 5 nitrogen and oxygen atoms in total. The number of rotatable bonds is 2. The van der Waals surface area contributed by atoms with Crippen molar-refractivity contribution in [1.82, 2.24) is 14.8 Å². The number of anilines is 2. The zero-order valence-corrected chi connectivity index (χ0v) is 10.8. The van der Waals surface area contributed by atoms with Crippen LogP contribution in [0.1, 0.15) is 12.8 Å². The molecule has 1 aliphatic rings. The molecule has 3 rings (SSSR count). The summed E-state index contributed by atoms with van der Waals surface area (Å²) in [4.78, 5) is 2.39. The van der Waals surface area contributed by atoms with Gasteiger partial charge in [0, 0.05) is 18.8 Å². The molecule has 18 heavy (non-hydrogen) atoms. The molecule has 0 bridgehead atoms. The molecule has 3 N–H and O–H groups in total. The predicted octanol–water partition coefficient (Wildman–Crippen LogP) is 2.11. The van der Waals surface area contributed by atoms with Crippen LogP contribution in [0.5, 0.6) is 0 Å². The summed E-state index contributed by atoms with van der Waals surface area (Å²) in [6.07, 6.45) is 2.56. The van der Waals surface area contributed by atoms with E-state index in [-0.39, 0.29) is 0 Å². The molecule has 1 aliphatic heterocycles. The largest absolute Gasteiger partial charge is 0.372 e. The fourth-order valence-electron chi connectivity index (χ4n) is 2.35. The van der Waals surface area contributed by atoms with E-state index in [0.29, 0.717) is 10.7 Å². The number of benzene rings is 1. The molecule has 0 unspecified atom stereocenters. The molecule has 2 heterocycles. The number of hydrogen-bond donors (Lipinski definition) is 2. The third kappa shape index (κ3) is 1.88. The lowest BCUT2D eigenvalue weighted by Crippen LogP contribution is -2.17. The van der Waals surface area contributed by atoms with Crippen molar-refractivity contribution in [3.63, 3.8) is 0 Å². The Morgan fingerprint density at radius 1 is 1.11 bits per heavy atom. The van der Waals surface area contributed by atoms with Crippen LogP contribution >= 0.6 is 12.2 Å². The van der Waals surface area contributed by atoms with Crippen molar-refractivity contribution in [3.05, 3.63) is 29.0 Å². The summed E-state index contributed by atoms with van der Waals surface area (Å²) in [5.41, 5.74) is 7.97. The number of aromatic amines is 1. The first kappa shape index (κ1) is 11.3. The predicted molar refractivity (Wildman–Crippen MR) is 74.6 cm³/mol. The maximum absolute atomic E-state index is 5.78. The van der Waals surface area contributed by atoms with Crippen LogP contribution in [0.25, 0.3) is 5.69 Å². The second-order valence-corrected chi connectivity index (χ2v) is 4.82. The monoisotopic (exact) mass is 261 g/mol. The first-order valence-electron chi connectivity index (χ1n) is 6.04. The highest BCUT2D eigenvalue weighted by atomic mass is 32.1. The zero-order chi connectivity index (χ0) is 12.5. The van der Waals surface area contributed by atoms with Gasteiger partial charge in [0.05, 0.1) is 5.69 Å². The van der Waals surface area contributed by atoms with Crippen LogP contribution in [0.15, 0.2) is 24.3 Å². The molecule has 0 atom stereocenters. The quantitative estimate of drug-likeness (QED) is 0.813. The molecule has 6 heteroatoms. The highest BCUT2D eigenvalue weighted by molar-refractivity contribution is 7.71. The summed E-state index contributed by atoms with van der Waals surface area (Å²) >= 11 is 5.15. The first-order chi connectivity index (χ1) is 8.75. The van der Waals surface area contributed by atoms with Gasteiger partial charge < -0.3 is 10.6 Å². The van der Waals surface area contributed by atoms with Gasteiger partial charge in [-0.05, 0) is 49.3 Å². The van der Waals surface area contributed by atoms with E-state index in [9.17, 15) is 0 Å². The average Bonchev–Trinajstić information content (AvgIpc) is 3.01. The van der Waals surface area contributed by atoms with Gasteiger partial charge in [-0.3, -0.25) is 4.57 Å². The first-order valence-corrected chi connectivity index (χ1v) is 6.45. The standard InChI is InChI=1S/C12H15N5S/c13-11-14-15-12(18)17(11)10-5-3-9(4-6-10)16-7-1-2-8-16/h3-6H,1-2,7-8H2,(H2,13,14)(H,15,18). The van der Waals surface area contributed by atoms with E-state index >= 15 is 0 Å². The van der Waals surface area contributed by atoms with Crippen molar-refractivity contribution < 1.29 is 0 Å². The van der Waals surface area contributed by atoms with Crippen molar-refractivity contribution >= 4 is 23.9 Å². The molecule has 0 saturated carbocycles. The van der Waals surface area contributed by atoms with E-state index in [1.165, 1.54) is 18.5 Å². The van der Waals surface area contributed by atoms with Gasteiger partial charge in [0.15, 0.2) is 0 Å². The van der Waals surface area contributed by atoms with Gasteiger partial charge in [-0.15, -0.1) is 5.10 Å². The highest BCUT2D eigenvalue weighted by Gasteiger charge is 2.12. The Morgan fingerprint density at radius 3 is 2.28 bits per heavy atom. The summed E-state index contributed by atoms with van der Waals surface area (Å²) < 4.78 is 2.24. The minimum atomic E-state index is 0.383. The molecule has 0 aliphatic carbocycles. The summed E-state index contributed by atoms with van der Waals surface area (Å²) in [6.45, 7) is 2.29. The number of H-pyrrole nitrogens is 1. The minimum absolute atomic E-state index is 0.383. The van der Waals surface area contributed by atoms with Crippen LogP contribution in [0, 0.1) is 4.77 Å². The van der Waals surface area contributed by atoms with Gasteiger partial charge in [-0.1, -0.05) is 0 Å². The van der Waals surface area contributed by atoms with E-state index in [2.05, 4.69) is 27.2 Å². The molecule has 0 spiro atoms. The lowest BCUT2D eigenvalue weighted by molar-refractivity contribution is 0.949. The van der Waals surface area contributed by atoms with Crippen molar-refractivity contribution in [2.75, 3.05) is 23.7 Å². The maximum Gasteiger partial charge on any atom is 0.225 e. The molecule has 1 saturated heterocycles. The van der Waals surface area contributed by atoms with Gasteiger partial charge in [0.1, 0.15) is 0 Å². The number of nitrogens with two attached hydrogens (primary N) is 1. The lowest BCUT2D eigenvalue weighted by Gasteiger charge is -2.17. The van der Waals surface area contributed by atoms with Crippen molar-refractivity contribution in [2.45, 2.75) is 12.8 Å². The van der Waals surface area contributed by atoms with Crippen LogP contribution in [0.2, 0.25) is 0 Å². The van der Waals surface area contributed by atoms with Gasteiger partial charge in [0.2, 0.25) is 10.7 Å². The highest BCUT2D eigenvalue weighted by Crippen LogP contribution is 2.22. The van der Waals surface area contributed by atoms with Crippen molar-refractivity contribution in [3.8, 4) is 5.69 Å². The third-order valence-electron chi connectivity index (χ3n) is 3.28. The van der Waals surface area contributed by atoms with E-state index in [4.69, 9.17) is 18.0 Å². The van der Waals surface area contributed by atoms with Gasteiger partial charge in [-0.25, -0.2) is 5.10 Å². The van der Waals surface area contributed by atoms with E-state index in [1.54, 1.807) is 4.57 Å². The van der Waals surface area contributed by atoms with Crippen LogP contribution in [-0.2, 0) is 0 Å². The summed E-state index contributed by atoms with van der Waals surface area (Å²) in [5.74, 6) is 0.383. The zero-order valence-electron chi connectivity index (χ0n) is 9.97. The van der Waals surface area contributed by atoms with Crippen LogP contribution < -0.4 is 10.6 Å². The Hall–Kier alpha value is -1.82. The summed E-state index contributed by atoms with van der Waals surface area (Å²) in [5, 5.41) is 6.59.